The van der Waals surface area contributed by atoms with E-state index in [2.05, 4.69) is 59.3 Å². The minimum atomic E-state index is 0.321. The summed E-state index contributed by atoms with van der Waals surface area (Å²) in [6.07, 6.45) is 7.50. The molecule has 3 rings (SSSR count). The molecule has 0 saturated carbocycles. The second kappa shape index (κ2) is 6.54. The topological polar surface area (TPSA) is 34.0 Å². The third-order valence-corrected chi connectivity index (χ3v) is 3.94. The van der Waals surface area contributed by atoms with E-state index >= 15 is 0 Å². The van der Waals surface area contributed by atoms with Gasteiger partial charge in [0.1, 0.15) is 0 Å². The van der Waals surface area contributed by atoms with Crippen molar-refractivity contribution in [3.8, 4) is 5.69 Å². The molecule has 22 heavy (non-hydrogen) atoms. The van der Waals surface area contributed by atoms with Crippen molar-refractivity contribution < 1.29 is 0 Å². The standard InChI is InChI=1S/C18H20N4/c1-15(17-7-4-9-19-13-17)21(2)14-16-6-3-8-18(12-16)22-11-5-10-20-22/h3-13,15H,14H2,1-2H3. The van der Waals surface area contributed by atoms with Gasteiger partial charge in [0.25, 0.3) is 0 Å². The molecule has 0 spiro atoms. The third kappa shape index (κ3) is 3.23. The highest BCUT2D eigenvalue weighted by Gasteiger charge is 2.12. The van der Waals surface area contributed by atoms with Crippen LogP contribution in [0.4, 0.5) is 0 Å². The Labute approximate surface area is 131 Å². The number of aromatic nitrogens is 3. The van der Waals surface area contributed by atoms with Crippen molar-refractivity contribution in [3.05, 3.63) is 78.4 Å². The highest BCUT2D eigenvalue weighted by atomic mass is 15.3. The molecule has 1 atom stereocenters. The third-order valence-electron chi connectivity index (χ3n) is 3.94. The second-order valence-corrected chi connectivity index (χ2v) is 5.50. The average Bonchev–Trinajstić information content (AvgIpc) is 3.10. The van der Waals surface area contributed by atoms with Crippen molar-refractivity contribution in [3.63, 3.8) is 0 Å². The van der Waals surface area contributed by atoms with E-state index in [1.165, 1.54) is 11.1 Å². The summed E-state index contributed by atoms with van der Waals surface area (Å²) in [5.74, 6) is 0. The van der Waals surface area contributed by atoms with Crippen LogP contribution in [0.3, 0.4) is 0 Å². The van der Waals surface area contributed by atoms with Crippen LogP contribution >= 0.6 is 0 Å². The predicted octanol–water partition coefficient (Wildman–Crippen LogP) is 3.46. The van der Waals surface area contributed by atoms with Gasteiger partial charge in [0.05, 0.1) is 5.69 Å². The normalized spacial score (nSPS) is 12.5. The van der Waals surface area contributed by atoms with Crippen molar-refractivity contribution in [1.29, 1.82) is 0 Å². The van der Waals surface area contributed by atoms with Crippen LogP contribution in [0.2, 0.25) is 0 Å². The summed E-state index contributed by atoms with van der Waals surface area (Å²) in [5, 5.41) is 4.28. The zero-order valence-electron chi connectivity index (χ0n) is 12.9. The van der Waals surface area contributed by atoms with Crippen LogP contribution in [0.15, 0.2) is 67.3 Å². The molecule has 0 bridgehead atoms. The molecule has 4 nitrogen and oxygen atoms in total. The van der Waals surface area contributed by atoms with Gasteiger partial charge in [-0.1, -0.05) is 18.2 Å². The van der Waals surface area contributed by atoms with Gasteiger partial charge in [-0.3, -0.25) is 9.88 Å². The van der Waals surface area contributed by atoms with Crippen molar-refractivity contribution in [2.75, 3.05) is 7.05 Å². The fraction of sp³-hybridized carbons (Fsp3) is 0.222. The summed E-state index contributed by atoms with van der Waals surface area (Å²) in [4.78, 5) is 6.52. The van der Waals surface area contributed by atoms with Gasteiger partial charge in [0.2, 0.25) is 0 Å². The molecule has 4 heteroatoms. The van der Waals surface area contributed by atoms with Crippen molar-refractivity contribution >= 4 is 0 Å². The number of hydrogen-bond donors (Lipinski definition) is 0. The first-order valence-electron chi connectivity index (χ1n) is 7.43. The summed E-state index contributed by atoms with van der Waals surface area (Å²) >= 11 is 0. The molecule has 1 unspecified atom stereocenters. The van der Waals surface area contributed by atoms with Gasteiger partial charge >= 0.3 is 0 Å². The lowest BCUT2D eigenvalue weighted by atomic mass is 10.1. The molecule has 0 amide bonds. The van der Waals surface area contributed by atoms with Gasteiger partial charge in [0.15, 0.2) is 0 Å². The van der Waals surface area contributed by atoms with Gasteiger partial charge in [-0.2, -0.15) is 5.10 Å². The molecule has 112 valence electrons. The van der Waals surface area contributed by atoms with E-state index in [0.29, 0.717) is 6.04 Å². The Bertz CT molecular complexity index is 707. The quantitative estimate of drug-likeness (QED) is 0.722. The number of nitrogens with zero attached hydrogens (tertiary/aromatic N) is 4. The van der Waals surface area contributed by atoms with Crippen LogP contribution in [-0.2, 0) is 6.54 Å². The number of pyridine rings is 1. The van der Waals surface area contributed by atoms with E-state index < -0.39 is 0 Å². The van der Waals surface area contributed by atoms with E-state index in [9.17, 15) is 0 Å². The molecule has 2 aromatic heterocycles. The van der Waals surface area contributed by atoms with Crippen LogP contribution in [0.5, 0.6) is 0 Å². The first-order valence-corrected chi connectivity index (χ1v) is 7.43. The van der Waals surface area contributed by atoms with Crippen LogP contribution in [0.1, 0.15) is 24.1 Å². The largest absolute Gasteiger partial charge is 0.295 e. The van der Waals surface area contributed by atoms with Gasteiger partial charge < -0.3 is 0 Å². The first-order chi connectivity index (χ1) is 10.7. The van der Waals surface area contributed by atoms with E-state index in [0.717, 1.165) is 12.2 Å². The minimum absolute atomic E-state index is 0.321. The lowest BCUT2D eigenvalue weighted by molar-refractivity contribution is 0.252. The van der Waals surface area contributed by atoms with Gasteiger partial charge in [-0.15, -0.1) is 0 Å². The van der Waals surface area contributed by atoms with Gasteiger partial charge in [-0.25, -0.2) is 4.68 Å². The molecule has 0 aliphatic heterocycles. The summed E-state index contributed by atoms with van der Waals surface area (Å²) in [5.41, 5.74) is 3.59. The van der Waals surface area contributed by atoms with Crippen LogP contribution < -0.4 is 0 Å². The molecule has 2 heterocycles. The fourth-order valence-electron chi connectivity index (χ4n) is 2.52. The maximum Gasteiger partial charge on any atom is 0.0648 e. The van der Waals surface area contributed by atoms with Crippen molar-refractivity contribution in [2.45, 2.75) is 19.5 Å². The number of benzene rings is 1. The molecule has 0 fully saturated rings. The average molecular weight is 292 g/mol. The fourth-order valence-corrected chi connectivity index (χ4v) is 2.52. The van der Waals surface area contributed by atoms with E-state index in [1.54, 1.807) is 6.20 Å². The monoisotopic (exact) mass is 292 g/mol. The minimum Gasteiger partial charge on any atom is -0.295 e. The Hall–Kier alpha value is -2.46. The Balaban J connectivity index is 1.74. The smallest absolute Gasteiger partial charge is 0.0648 e. The maximum atomic E-state index is 4.28. The summed E-state index contributed by atoms with van der Waals surface area (Å²) in [7, 11) is 2.14. The van der Waals surface area contributed by atoms with E-state index in [1.807, 2.05) is 35.4 Å². The zero-order chi connectivity index (χ0) is 15.4. The van der Waals surface area contributed by atoms with Crippen LogP contribution in [0.25, 0.3) is 5.69 Å². The molecule has 3 aromatic rings. The molecule has 0 saturated heterocycles. The van der Waals surface area contributed by atoms with Crippen molar-refractivity contribution in [2.24, 2.45) is 0 Å². The second-order valence-electron chi connectivity index (χ2n) is 5.50. The molecule has 0 N–H and O–H groups in total. The highest BCUT2D eigenvalue weighted by Crippen LogP contribution is 2.20. The van der Waals surface area contributed by atoms with Crippen LogP contribution in [-0.4, -0.2) is 26.7 Å². The molecular formula is C18H20N4. The van der Waals surface area contributed by atoms with Crippen LogP contribution in [0, 0.1) is 0 Å². The molecule has 0 radical (unpaired) electrons. The highest BCUT2D eigenvalue weighted by molar-refractivity contribution is 5.35. The lowest BCUT2D eigenvalue weighted by Crippen LogP contribution is -2.22. The van der Waals surface area contributed by atoms with Crippen molar-refractivity contribution in [1.82, 2.24) is 19.7 Å². The summed E-state index contributed by atoms with van der Waals surface area (Å²) < 4.78 is 1.88. The molecule has 1 aromatic carbocycles. The van der Waals surface area contributed by atoms with Gasteiger partial charge in [-0.05, 0) is 49.4 Å². The Kier molecular flexibility index (Phi) is 4.30. The first kappa shape index (κ1) is 14.5. The lowest BCUT2D eigenvalue weighted by Gasteiger charge is -2.25. The summed E-state index contributed by atoms with van der Waals surface area (Å²) in [6.45, 7) is 3.08. The maximum absolute atomic E-state index is 4.28. The molecule has 0 aliphatic rings. The Morgan fingerprint density at radius 1 is 1.14 bits per heavy atom. The van der Waals surface area contributed by atoms with E-state index in [4.69, 9.17) is 0 Å². The zero-order valence-corrected chi connectivity index (χ0v) is 12.9. The Morgan fingerprint density at radius 2 is 2.05 bits per heavy atom. The van der Waals surface area contributed by atoms with E-state index in [-0.39, 0.29) is 0 Å². The predicted molar refractivity (Wildman–Crippen MR) is 87.7 cm³/mol. The SMILES string of the molecule is CC(c1cccnc1)N(C)Cc1cccc(-n2cccn2)c1. The molecule has 0 aliphatic carbocycles. The van der Waals surface area contributed by atoms with Gasteiger partial charge in [0, 0.05) is 37.4 Å². The molecular weight excluding hydrogens is 272 g/mol. The summed E-state index contributed by atoms with van der Waals surface area (Å²) in [6, 6.07) is 14.8. The number of rotatable bonds is 5. The Morgan fingerprint density at radius 3 is 2.77 bits per heavy atom. The number of hydrogen-bond acceptors (Lipinski definition) is 3.